The Morgan fingerprint density at radius 3 is 2.91 bits per heavy atom. The van der Waals surface area contributed by atoms with Crippen LogP contribution in [0.2, 0.25) is 0 Å². The van der Waals surface area contributed by atoms with Crippen molar-refractivity contribution in [2.24, 2.45) is 0 Å². The van der Waals surface area contributed by atoms with Crippen molar-refractivity contribution >= 4 is 12.3 Å². The molecule has 0 aromatic rings. The van der Waals surface area contributed by atoms with Crippen LogP contribution in [-0.2, 0) is 19.1 Å². The largest absolute Gasteiger partial charge is 0.467 e. The van der Waals surface area contributed by atoms with Crippen LogP contribution >= 0.6 is 0 Å². The number of hydrogen-bond acceptors (Lipinski definition) is 4. The molecule has 60 valence electrons. The number of hydrogen-bond donors (Lipinski definition) is 0. The maximum Gasteiger partial charge on any atom is 0.331 e. The lowest BCUT2D eigenvalue weighted by atomic mass is 10.6. The van der Waals surface area contributed by atoms with Gasteiger partial charge in [-0.15, -0.1) is 0 Å². The fraction of sp³-hybridized carbons (Fsp3) is 0.429. The Labute approximate surface area is 64.5 Å². The van der Waals surface area contributed by atoms with E-state index in [0.717, 1.165) is 0 Å². The molecule has 0 spiro atoms. The standard InChI is InChI=1S/C7H8O4/c1-10-7(9)6-11-5-3-2-4-8/h4H,5-6H2,1H3. The van der Waals surface area contributed by atoms with E-state index in [-0.39, 0.29) is 13.2 Å². The minimum Gasteiger partial charge on any atom is -0.467 e. The summed E-state index contributed by atoms with van der Waals surface area (Å²) in [6.45, 7) is -0.0716. The molecule has 4 nitrogen and oxygen atoms in total. The van der Waals surface area contributed by atoms with Crippen molar-refractivity contribution in [3.8, 4) is 11.8 Å². The summed E-state index contributed by atoms with van der Waals surface area (Å²) >= 11 is 0. The number of esters is 1. The summed E-state index contributed by atoms with van der Waals surface area (Å²) in [6.07, 6.45) is 0.460. The van der Waals surface area contributed by atoms with E-state index in [1.54, 1.807) is 0 Å². The molecule has 0 N–H and O–H groups in total. The molecule has 0 aromatic heterocycles. The van der Waals surface area contributed by atoms with Crippen LogP contribution in [-0.4, -0.2) is 32.6 Å². The lowest BCUT2D eigenvalue weighted by Crippen LogP contribution is -2.10. The molecule has 11 heavy (non-hydrogen) atoms. The molecule has 0 saturated heterocycles. The second kappa shape index (κ2) is 6.78. The lowest BCUT2D eigenvalue weighted by Gasteiger charge is -1.96. The fourth-order valence-electron chi connectivity index (χ4n) is 0.328. The average molecular weight is 156 g/mol. The van der Waals surface area contributed by atoms with E-state index < -0.39 is 5.97 Å². The summed E-state index contributed by atoms with van der Waals surface area (Å²) in [7, 11) is 1.27. The minimum absolute atomic E-state index is 0.0633. The van der Waals surface area contributed by atoms with Crippen molar-refractivity contribution in [3.63, 3.8) is 0 Å². The normalized spacial score (nSPS) is 7.73. The van der Waals surface area contributed by atoms with E-state index >= 15 is 0 Å². The first kappa shape index (κ1) is 9.66. The highest BCUT2D eigenvalue weighted by Crippen LogP contribution is 1.76. The van der Waals surface area contributed by atoms with E-state index in [2.05, 4.69) is 21.3 Å². The van der Waals surface area contributed by atoms with Crippen LogP contribution in [0.4, 0.5) is 0 Å². The van der Waals surface area contributed by atoms with Crippen LogP contribution in [0, 0.1) is 11.8 Å². The molecule has 0 aliphatic heterocycles. The third kappa shape index (κ3) is 6.55. The molecule has 0 bridgehead atoms. The monoisotopic (exact) mass is 156 g/mol. The Morgan fingerprint density at radius 2 is 2.36 bits per heavy atom. The molecule has 0 unspecified atom stereocenters. The Kier molecular flexibility index (Phi) is 5.95. The fourth-order valence-corrected chi connectivity index (χ4v) is 0.328. The van der Waals surface area contributed by atoms with Gasteiger partial charge in [-0.05, 0) is 5.92 Å². The van der Waals surface area contributed by atoms with Crippen molar-refractivity contribution in [2.75, 3.05) is 20.3 Å². The maximum atomic E-state index is 10.4. The predicted octanol–water partition coefficient (Wildman–Crippen LogP) is -0.622. The molecule has 0 saturated carbocycles. The van der Waals surface area contributed by atoms with Gasteiger partial charge in [0.25, 0.3) is 0 Å². The molecule has 0 aliphatic carbocycles. The Morgan fingerprint density at radius 1 is 1.64 bits per heavy atom. The van der Waals surface area contributed by atoms with E-state index in [4.69, 9.17) is 0 Å². The van der Waals surface area contributed by atoms with Gasteiger partial charge in [0.15, 0.2) is 6.29 Å². The molecule has 0 atom stereocenters. The molecule has 0 radical (unpaired) electrons. The second-order valence-corrected chi connectivity index (χ2v) is 1.51. The number of carbonyl (C=O) groups excluding carboxylic acids is 2. The first-order valence-electron chi connectivity index (χ1n) is 2.88. The van der Waals surface area contributed by atoms with Gasteiger partial charge in [-0.3, -0.25) is 4.79 Å². The van der Waals surface area contributed by atoms with Crippen molar-refractivity contribution in [2.45, 2.75) is 0 Å². The SMILES string of the molecule is COC(=O)COCC#CC=O. The van der Waals surface area contributed by atoms with E-state index in [9.17, 15) is 9.59 Å². The van der Waals surface area contributed by atoms with Gasteiger partial charge in [0.2, 0.25) is 0 Å². The topological polar surface area (TPSA) is 52.6 Å². The summed E-state index contributed by atoms with van der Waals surface area (Å²) < 4.78 is 8.96. The number of carbonyl (C=O) groups is 2. The summed E-state index contributed by atoms with van der Waals surface area (Å²) in [5.41, 5.74) is 0. The van der Waals surface area contributed by atoms with Crippen LogP contribution in [0.25, 0.3) is 0 Å². The van der Waals surface area contributed by atoms with Gasteiger partial charge in [-0.25, -0.2) is 4.79 Å². The number of rotatable bonds is 3. The quantitative estimate of drug-likeness (QED) is 0.236. The molecule has 0 amide bonds. The molecule has 4 heteroatoms. The lowest BCUT2D eigenvalue weighted by molar-refractivity contribution is -0.145. The van der Waals surface area contributed by atoms with Gasteiger partial charge in [0.05, 0.1) is 7.11 Å². The van der Waals surface area contributed by atoms with Gasteiger partial charge < -0.3 is 9.47 Å². The number of ether oxygens (including phenoxy) is 2. The summed E-state index contributed by atoms with van der Waals surface area (Å²) in [6, 6.07) is 0. The third-order valence-electron chi connectivity index (χ3n) is 0.783. The zero-order valence-electron chi connectivity index (χ0n) is 6.12. The smallest absolute Gasteiger partial charge is 0.331 e. The molecule has 0 aromatic carbocycles. The molecule has 0 rings (SSSR count). The van der Waals surface area contributed by atoms with Gasteiger partial charge in [-0.1, -0.05) is 5.92 Å². The highest BCUT2D eigenvalue weighted by molar-refractivity contribution is 5.72. The van der Waals surface area contributed by atoms with Crippen molar-refractivity contribution in [1.82, 2.24) is 0 Å². The predicted molar refractivity (Wildman–Crippen MR) is 36.7 cm³/mol. The maximum absolute atomic E-state index is 10.4. The van der Waals surface area contributed by atoms with Crippen LogP contribution in [0.3, 0.4) is 0 Å². The third-order valence-corrected chi connectivity index (χ3v) is 0.783. The Hall–Kier alpha value is -1.34. The number of methoxy groups -OCH3 is 1. The first-order chi connectivity index (χ1) is 5.31. The van der Waals surface area contributed by atoms with Gasteiger partial charge in [0.1, 0.15) is 13.2 Å². The highest BCUT2D eigenvalue weighted by atomic mass is 16.6. The molecule has 0 fully saturated rings. The summed E-state index contributed by atoms with van der Waals surface area (Å²) in [5.74, 6) is 4.04. The summed E-state index contributed by atoms with van der Waals surface area (Å²) in [4.78, 5) is 20.0. The summed E-state index contributed by atoms with van der Waals surface area (Å²) in [5, 5.41) is 0. The molecular weight excluding hydrogens is 148 g/mol. The average Bonchev–Trinajstić information content (AvgIpc) is 2.04. The van der Waals surface area contributed by atoms with E-state index in [1.165, 1.54) is 7.11 Å². The zero-order valence-corrected chi connectivity index (χ0v) is 6.12. The highest BCUT2D eigenvalue weighted by Gasteiger charge is 1.96. The van der Waals surface area contributed by atoms with E-state index in [1.807, 2.05) is 0 Å². The molecular formula is C7H8O4. The first-order valence-corrected chi connectivity index (χ1v) is 2.88. The zero-order chi connectivity index (χ0) is 8.53. The Balaban J connectivity index is 3.27. The van der Waals surface area contributed by atoms with Crippen molar-refractivity contribution in [3.05, 3.63) is 0 Å². The minimum atomic E-state index is -0.460. The number of aldehydes is 1. The van der Waals surface area contributed by atoms with E-state index in [0.29, 0.717) is 6.29 Å². The molecule has 0 heterocycles. The van der Waals surface area contributed by atoms with Gasteiger partial charge in [0, 0.05) is 0 Å². The van der Waals surface area contributed by atoms with Crippen LogP contribution in [0.15, 0.2) is 0 Å². The van der Waals surface area contributed by atoms with Crippen LogP contribution in [0.5, 0.6) is 0 Å². The van der Waals surface area contributed by atoms with Crippen LogP contribution < -0.4 is 0 Å². The Bertz CT molecular complexity index is 186. The van der Waals surface area contributed by atoms with Gasteiger partial charge in [-0.2, -0.15) is 0 Å². The van der Waals surface area contributed by atoms with Crippen molar-refractivity contribution < 1.29 is 19.1 Å². The van der Waals surface area contributed by atoms with Crippen molar-refractivity contribution in [1.29, 1.82) is 0 Å². The molecule has 0 aliphatic rings. The second-order valence-electron chi connectivity index (χ2n) is 1.51. The van der Waals surface area contributed by atoms with Gasteiger partial charge >= 0.3 is 5.97 Å². The van der Waals surface area contributed by atoms with Crippen LogP contribution in [0.1, 0.15) is 0 Å².